The molecular formula is C29H37N7O3. The Labute approximate surface area is 230 Å². The third kappa shape index (κ3) is 8.61. The summed E-state index contributed by atoms with van der Waals surface area (Å²) in [5.74, 6) is 7.44. The highest BCUT2D eigenvalue weighted by molar-refractivity contribution is 5.85. The average molecular weight is 532 g/mol. The number of nitrogens with zero attached hydrogens (tertiary/aromatic N) is 4. The minimum absolute atomic E-state index is 0.0102. The molecule has 0 spiro atoms. The number of anilines is 3. The molecule has 1 aromatic carbocycles. The van der Waals surface area contributed by atoms with Gasteiger partial charge in [0.2, 0.25) is 11.9 Å². The second-order valence-corrected chi connectivity index (χ2v) is 10.6. The zero-order valence-electron chi connectivity index (χ0n) is 23.5. The molecule has 0 saturated heterocycles. The summed E-state index contributed by atoms with van der Waals surface area (Å²) in [6.45, 7) is 9.85. The lowest BCUT2D eigenvalue weighted by atomic mass is 9.80. The molecule has 3 N–H and O–H groups in total. The maximum Gasteiger partial charge on any atom is 0.410 e. The van der Waals surface area contributed by atoms with Crippen molar-refractivity contribution in [3.63, 3.8) is 0 Å². The van der Waals surface area contributed by atoms with Crippen LogP contribution in [0.2, 0.25) is 0 Å². The van der Waals surface area contributed by atoms with Crippen LogP contribution in [0.4, 0.5) is 22.2 Å². The van der Waals surface area contributed by atoms with E-state index in [2.05, 4.69) is 50.8 Å². The molecule has 0 unspecified atom stereocenters. The maximum atomic E-state index is 12.6. The minimum atomic E-state index is -0.649. The van der Waals surface area contributed by atoms with Gasteiger partial charge in [-0.15, -0.1) is 0 Å². The molecule has 0 bridgehead atoms. The van der Waals surface area contributed by atoms with Gasteiger partial charge in [-0.1, -0.05) is 24.8 Å². The zero-order valence-corrected chi connectivity index (χ0v) is 23.5. The van der Waals surface area contributed by atoms with Gasteiger partial charge in [0.15, 0.2) is 0 Å². The van der Waals surface area contributed by atoms with Crippen LogP contribution in [-0.4, -0.2) is 58.1 Å². The topological polar surface area (TPSA) is 132 Å². The van der Waals surface area contributed by atoms with E-state index in [4.69, 9.17) is 10.00 Å². The number of carbonyl (C=O) groups excluding carboxylic acids is 2. The molecule has 1 aliphatic rings. The number of benzene rings is 1. The number of amides is 2. The highest BCUT2D eigenvalue weighted by atomic mass is 16.6. The SMILES string of the molecule is CCCNc1nc(Nc2cccc(C#N)c2)ncc1C#CC1CC(NC(=O)[C@H](C)N(C)C(=O)OC(C)(C)C)C1. The number of nitrogens with one attached hydrogen (secondary N) is 3. The number of hydrogen-bond acceptors (Lipinski definition) is 8. The molecule has 1 fully saturated rings. The first-order valence-electron chi connectivity index (χ1n) is 13.1. The van der Waals surface area contributed by atoms with Gasteiger partial charge in [-0.25, -0.2) is 9.78 Å². The molecule has 0 radical (unpaired) electrons. The predicted molar refractivity (Wildman–Crippen MR) is 150 cm³/mol. The maximum absolute atomic E-state index is 12.6. The van der Waals surface area contributed by atoms with E-state index in [9.17, 15) is 9.59 Å². The van der Waals surface area contributed by atoms with Gasteiger partial charge < -0.3 is 20.7 Å². The van der Waals surface area contributed by atoms with E-state index in [1.807, 2.05) is 6.07 Å². The minimum Gasteiger partial charge on any atom is -0.444 e. The average Bonchev–Trinajstić information content (AvgIpc) is 2.87. The Morgan fingerprint density at radius 1 is 1.28 bits per heavy atom. The van der Waals surface area contributed by atoms with E-state index >= 15 is 0 Å². The summed E-state index contributed by atoms with van der Waals surface area (Å²) in [5, 5.41) is 18.6. The fourth-order valence-electron chi connectivity index (χ4n) is 3.73. The van der Waals surface area contributed by atoms with Crippen LogP contribution in [0.1, 0.15) is 65.0 Å². The van der Waals surface area contributed by atoms with Crippen LogP contribution in [-0.2, 0) is 9.53 Å². The van der Waals surface area contributed by atoms with Gasteiger partial charge in [-0.05, 0) is 65.2 Å². The smallest absolute Gasteiger partial charge is 0.410 e. The Bertz CT molecular complexity index is 1280. The van der Waals surface area contributed by atoms with E-state index in [1.165, 1.54) is 4.90 Å². The van der Waals surface area contributed by atoms with Crippen LogP contribution < -0.4 is 16.0 Å². The molecule has 10 nitrogen and oxygen atoms in total. The van der Waals surface area contributed by atoms with Crippen molar-refractivity contribution in [2.45, 2.75) is 71.6 Å². The van der Waals surface area contributed by atoms with E-state index < -0.39 is 17.7 Å². The van der Waals surface area contributed by atoms with Crippen molar-refractivity contribution >= 4 is 29.5 Å². The van der Waals surface area contributed by atoms with Crippen LogP contribution in [0.5, 0.6) is 0 Å². The molecule has 1 aromatic heterocycles. The number of likely N-dealkylation sites (N-methyl/N-ethyl adjacent to an activating group) is 1. The number of carbonyl (C=O) groups is 2. The van der Waals surface area contributed by atoms with Gasteiger partial charge in [-0.3, -0.25) is 9.69 Å². The molecule has 10 heteroatoms. The van der Waals surface area contributed by atoms with Gasteiger partial charge >= 0.3 is 6.09 Å². The summed E-state index contributed by atoms with van der Waals surface area (Å²) in [7, 11) is 1.56. The Hall–Kier alpha value is -4.31. The predicted octanol–water partition coefficient (Wildman–Crippen LogP) is 4.42. The number of ether oxygens (including phenoxy) is 1. The Morgan fingerprint density at radius 3 is 2.69 bits per heavy atom. The second kappa shape index (κ2) is 13.0. The van der Waals surface area contributed by atoms with Gasteiger partial charge in [-0.2, -0.15) is 10.2 Å². The largest absolute Gasteiger partial charge is 0.444 e. The molecule has 1 aliphatic carbocycles. The first-order chi connectivity index (χ1) is 18.5. The molecule has 206 valence electrons. The van der Waals surface area contributed by atoms with Gasteiger partial charge in [0, 0.05) is 31.2 Å². The molecule has 2 aromatic rings. The number of aromatic nitrogens is 2. The Morgan fingerprint density at radius 2 is 2.03 bits per heavy atom. The highest BCUT2D eigenvalue weighted by Gasteiger charge is 2.33. The Balaban J connectivity index is 1.58. The summed E-state index contributed by atoms with van der Waals surface area (Å²) in [5.41, 5.74) is 1.34. The fourth-order valence-corrected chi connectivity index (χ4v) is 3.73. The monoisotopic (exact) mass is 531 g/mol. The van der Waals surface area contributed by atoms with Crippen molar-refractivity contribution in [2.24, 2.45) is 5.92 Å². The third-order valence-electron chi connectivity index (χ3n) is 6.12. The molecule has 1 heterocycles. The summed E-state index contributed by atoms with van der Waals surface area (Å²) >= 11 is 0. The molecule has 3 rings (SSSR count). The molecule has 39 heavy (non-hydrogen) atoms. The number of hydrogen-bond donors (Lipinski definition) is 3. The van der Waals surface area contributed by atoms with Crippen LogP contribution in [0.25, 0.3) is 0 Å². The van der Waals surface area contributed by atoms with Crippen molar-refractivity contribution in [2.75, 3.05) is 24.2 Å². The molecular weight excluding hydrogens is 494 g/mol. The van der Waals surface area contributed by atoms with Crippen LogP contribution in [0.3, 0.4) is 0 Å². The highest BCUT2D eigenvalue weighted by Crippen LogP contribution is 2.27. The normalized spacial score (nSPS) is 16.8. The van der Waals surface area contributed by atoms with Crippen LogP contribution >= 0.6 is 0 Å². The molecule has 1 atom stereocenters. The number of rotatable bonds is 8. The van der Waals surface area contributed by atoms with Crippen molar-refractivity contribution in [3.05, 3.63) is 41.6 Å². The van der Waals surface area contributed by atoms with Crippen molar-refractivity contribution in [3.8, 4) is 17.9 Å². The molecule has 2 amide bonds. The van der Waals surface area contributed by atoms with Gasteiger partial charge in [0.25, 0.3) is 0 Å². The molecule has 1 saturated carbocycles. The van der Waals surface area contributed by atoms with Crippen LogP contribution in [0, 0.1) is 29.1 Å². The summed E-state index contributed by atoms with van der Waals surface area (Å²) in [4.78, 5) is 35.2. The Kier molecular flexibility index (Phi) is 9.73. The lowest BCUT2D eigenvalue weighted by Crippen LogP contribution is -2.52. The number of nitriles is 1. The van der Waals surface area contributed by atoms with E-state index in [1.54, 1.807) is 59.1 Å². The van der Waals surface area contributed by atoms with Gasteiger partial charge in [0.05, 0.1) is 23.4 Å². The van der Waals surface area contributed by atoms with Crippen molar-refractivity contribution in [1.29, 1.82) is 5.26 Å². The van der Waals surface area contributed by atoms with Crippen LogP contribution in [0.15, 0.2) is 30.5 Å². The first-order valence-corrected chi connectivity index (χ1v) is 13.1. The van der Waals surface area contributed by atoms with E-state index in [0.717, 1.165) is 31.5 Å². The molecule has 0 aliphatic heterocycles. The van der Waals surface area contributed by atoms with E-state index in [0.29, 0.717) is 22.9 Å². The summed E-state index contributed by atoms with van der Waals surface area (Å²) in [6.07, 6.45) is 3.54. The third-order valence-corrected chi connectivity index (χ3v) is 6.12. The van der Waals surface area contributed by atoms with Crippen molar-refractivity contribution in [1.82, 2.24) is 20.2 Å². The first kappa shape index (κ1) is 29.2. The van der Waals surface area contributed by atoms with Gasteiger partial charge in [0.1, 0.15) is 17.5 Å². The summed E-state index contributed by atoms with van der Waals surface area (Å²) < 4.78 is 5.35. The second-order valence-electron chi connectivity index (χ2n) is 10.6. The standard InChI is InChI=1S/C29H37N7O3/c1-7-13-31-25-22(18-32-27(35-25)34-23-10-8-9-21(16-23)17-30)12-11-20-14-24(15-20)33-26(37)19(2)36(6)28(38)39-29(3,4)5/h8-10,16,18-20,24H,7,13-15H2,1-6H3,(H,33,37)(H2,31,32,34,35)/t19-,20?,24?/m0/s1. The van der Waals surface area contributed by atoms with E-state index in [-0.39, 0.29) is 17.9 Å². The fraction of sp³-hybridized carbons (Fsp3) is 0.483. The lowest BCUT2D eigenvalue weighted by Gasteiger charge is -2.34. The zero-order chi connectivity index (χ0) is 28.6. The quantitative estimate of drug-likeness (QED) is 0.427. The summed E-state index contributed by atoms with van der Waals surface area (Å²) in [6, 6.07) is 8.59. The van der Waals surface area contributed by atoms with Crippen molar-refractivity contribution < 1.29 is 14.3 Å². The lowest BCUT2D eigenvalue weighted by molar-refractivity contribution is -0.126.